The number of nitrogens with one attached hydrogen (secondary N) is 2. The summed E-state index contributed by atoms with van der Waals surface area (Å²) >= 11 is 0. The fourth-order valence-electron chi connectivity index (χ4n) is 2.62. The predicted molar refractivity (Wildman–Crippen MR) is 115 cm³/mol. The molecule has 2 aromatic carbocycles. The summed E-state index contributed by atoms with van der Waals surface area (Å²) in [5.74, 6) is 0.266. The number of benzene rings is 2. The predicted octanol–water partition coefficient (Wildman–Crippen LogP) is 4.13. The Labute approximate surface area is 177 Å². The molecule has 7 nitrogen and oxygen atoms in total. The molecule has 0 unspecified atom stereocenters. The summed E-state index contributed by atoms with van der Waals surface area (Å²) in [5.41, 5.74) is 0.859. The molecule has 2 aromatic rings. The molecule has 0 aromatic heterocycles. The Bertz CT molecular complexity index is 816. The van der Waals surface area contributed by atoms with Gasteiger partial charge in [0.15, 0.2) is 0 Å². The number of anilines is 1. The third-order valence-corrected chi connectivity index (χ3v) is 4.14. The van der Waals surface area contributed by atoms with Crippen LogP contribution in [-0.4, -0.2) is 36.9 Å². The molecule has 0 aliphatic carbocycles. The molecule has 162 valence electrons. The lowest BCUT2D eigenvalue weighted by atomic mass is 10.1. The first kappa shape index (κ1) is 23.2. The van der Waals surface area contributed by atoms with Crippen LogP contribution in [0.15, 0.2) is 54.6 Å². The third-order valence-electron chi connectivity index (χ3n) is 4.14. The Balaban J connectivity index is 2.09. The standard InChI is InChI=1S/C23H30N2O5/c1-16(29-15-17-9-7-6-8-10-17)20(25-22(27)30-23(2,3)4)21(26)24-18-11-13-19(28-5)14-12-18/h6-14,16,20H,15H2,1-5H3,(H,24,26)(H,25,27)/t16-,20-/m0/s1. The molecule has 2 amide bonds. The fraction of sp³-hybridized carbons (Fsp3) is 0.391. The SMILES string of the molecule is COc1ccc(NC(=O)[C@@H](NC(=O)OC(C)(C)C)[C@H](C)OCc2ccccc2)cc1. The lowest BCUT2D eigenvalue weighted by molar-refractivity contribution is -0.122. The van der Waals surface area contributed by atoms with Crippen LogP contribution in [-0.2, 0) is 20.9 Å². The lowest BCUT2D eigenvalue weighted by Crippen LogP contribution is -2.52. The van der Waals surface area contributed by atoms with Crippen LogP contribution in [0.4, 0.5) is 10.5 Å². The average molecular weight is 415 g/mol. The van der Waals surface area contributed by atoms with E-state index in [4.69, 9.17) is 14.2 Å². The molecule has 0 spiro atoms. The van der Waals surface area contributed by atoms with Crippen molar-refractivity contribution in [1.29, 1.82) is 0 Å². The molecule has 0 bridgehead atoms. The van der Waals surface area contributed by atoms with Gasteiger partial charge in [-0.2, -0.15) is 0 Å². The molecule has 0 fully saturated rings. The van der Waals surface area contributed by atoms with Crippen LogP contribution in [0, 0.1) is 0 Å². The van der Waals surface area contributed by atoms with Crippen molar-refractivity contribution in [3.05, 3.63) is 60.2 Å². The maximum Gasteiger partial charge on any atom is 0.408 e. The Kier molecular flexibility index (Phi) is 8.24. The van der Waals surface area contributed by atoms with Gasteiger partial charge in [0.25, 0.3) is 0 Å². The number of alkyl carbamates (subject to hydrolysis) is 1. The molecule has 2 atom stereocenters. The third kappa shape index (κ3) is 7.75. The van der Waals surface area contributed by atoms with E-state index in [1.165, 1.54) is 0 Å². The Hall–Kier alpha value is -3.06. The molecule has 0 saturated carbocycles. The molecular formula is C23H30N2O5. The van der Waals surface area contributed by atoms with Crippen LogP contribution < -0.4 is 15.4 Å². The Morgan fingerprint density at radius 1 is 1.00 bits per heavy atom. The number of carbonyl (C=O) groups excluding carboxylic acids is 2. The second-order valence-corrected chi connectivity index (χ2v) is 7.84. The van der Waals surface area contributed by atoms with Gasteiger partial charge in [-0.05, 0) is 57.5 Å². The highest BCUT2D eigenvalue weighted by Crippen LogP contribution is 2.16. The molecule has 0 saturated heterocycles. The summed E-state index contributed by atoms with van der Waals surface area (Å²) in [6.07, 6.45) is -1.29. The molecular weight excluding hydrogens is 384 g/mol. The van der Waals surface area contributed by atoms with Crippen LogP contribution in [0.5, 0.6) is 5.75 Å². The van der Waals surface area contributed by atoms with Crippen molar-refractivity contribution in [3.63, 3.8) is 0 Å². The van der Waals surface area contributed by atoms with Crippen molar-refractivity contribution in [2.75, 3.05) is 12.4 Å². The van der Waals surface area contributed by atoms with Gasteiger partial charge in [-0.3, -0.25) is 4.79 Å². The van der Waals surface area contributed by atoms with E-state index in [0.29, 0.717) is 18.0 Å². The van der Waals surface area contributed by atoms with Crippen molar-refractivity contribution < 1.29 is 23.8 Å². The summed E-state index contributed by atoms with van der Waals surface area (Å²) in [5, 5.41) is 5.43. The van der Waals surface area contributed by atoms with E-state index in [1.807, 2.05) is 30.3 Å². The van der Waals surface area contributed by atoms with Gasteiger partial charge in [0.05, 0.1) is 19.8 Å². The summed E-state index contributed by atoms with van der Waals surface area (Å²) < 4.78 is 16.3. The number of ether oxygens (including phenoxy) is 3. The second-order valence-electron chi connectivity index (χ2n) is 7.84. The summed E-state index contributed by atoms with van der Waals surface area (Å²) in [4.78, 5) is 25.2. The second kappa shape index (κ2) is 10.6. The first-order valence-corrected chi connectivity index (χ1v) is 9.78. The molecule has 0 radical (unpaired) electrons. The van der Waals surface area contributed by atoms with Crippen LogP contribution in [0.2, 0.25) is 0 Å². The van der Waals surface area contributed by atoms with Gasteiger partial charge in [0.2, 0.25) is 5.91 Å². The van der Waals surface area contributed by atoms with Gasteiger partial charge >= 0.3 is 6.09 Å². The zero-order valence-corrected chi connectivity index (χ0v) is 18.1. The highest BCUT2D eigenvalue weighted by atomic mass is 16.6. The monoisotopic (exact) mass is 414 g/mol. The first-order valence-electron chi connectivity index (χ1n) is 9.78. The Morgan fingerprint density at radius 2 is 1.63 bits per heavy atom. The van der Waals surface area contributed by atoms with Crippen molar-refractivity contribution in [3.8, 4) is 5.75 Å². The van der Waals surface area contributed by atoms with E-state index in [-0.39, 0.29) is 0 Å². The molecule has 30 heavy (non-hydrogen) atoms. The van der Waals surface area contributed by atoms with Crippen molar-refractivity contribution >= 4 is 17.7 Å². The maximum absolute atomic E-state index is 12.9. The highest BCUT2D eigenvalue weighted by Gasteiger charge is 2.30. The quantitative estimate of drug-likeness (QED) is 0.678. The molecule has 2 rings (SSSR count). The summed E-state index contributed by atoms with van der Waals surface area (Å²) in [7, 11) is 1.57. The van der Waals surface area contributed by atoms with Crippen LogP contribution in [0.3, 0.4) is 0 Å². The van der Waals surface area contributed by atoms with Gasteiger partial charge in [-0.15, -0.1) is 0 Å². The maximum atomic E-state index is 12.9. The minimum atomic E-state index is -0.953. The fourth-order valence-corrected chi connectivity index (χ4v) is 2.62. The minimum Gasteiger partial charge on any atom is -0.497 e. The van der Waals surface area contributed by atoms with Crippen LogP contribution >= 0.6 is 0 Å². The largest absolute Gasteiger partial charge is 0.497 e. The molecule has 0 heterocycles. The highest BCUT2D eigenvalue weighted by molar-refractivity contribution is 5.97. The summed E-state index contributed by atoms with van der Waals surface area (Å²) in [6, 6.07) is 15.6. The topological polar surface area (TPSA) is 85.9 Å². The minimum absolute atomic E-state index is 0.310. The molecule has 0 aliphatic rings. The zero-order valence-electron chi connectivity index (χ0n) is 18.1. The van der Waals surface area contributed by atoms with Gasteiger partial charge in [0.1, 0.15) is 17.4 Å². The molecule has 2 N–H and O–H groups in total. The van der Waals surface area contributed by atoms with Crippen molar-refractivity contribution in [2.24, 2.45) is 0 Å². The van der Waals surface area contributed by atoms with E-state index >= 15 is 0 Å². The normalized spacial score (nSPS) is 13.1. The molecule has 0 aliphatic heterocycles. The van der Waals surface area contributed by atoms with E-state index in [0.717, 1.165) is 5.56 Å². The van der Waals surface area contributed by atoms with Gasteiger partial charge in [-0.1, -0.05) is 30.3 Å². The summed E-state index contributed by atoms with van der Waals surface area (Å²) in [6.45, 7) is 7.32. The zero-order chi connectivity index (χ0) is 22.1. The van der Waals surface area contributed by atoms with Crippen molar-refractivity contribution in [1.82, 2.24) is 5.32 Å². The van der Waals surface area contributed by atoms with Gasteiger partial charge in [-0.25, -0.2) is 4.79 Å². The first-order chi connectivity index (χ1) is 14.2. The number of hydrogen-bond donors (Lipinski definition) is 2. The number of amides is 2. The number of rotatable bonds is 8. The molecule has 7 heteroatoms. The Morgan fingerprint density at radius 3 is 2.20 bits per heavy atom. The van der Waals surface area contributed by atoms with Crippen molar-refractivity contribution in [2.45, 2.75) is 52.0 Å². The average Bonchev–Trinajstić information content (AvgIpc) is 2.70. The number of hydrogen-bond acceptors (Lipinski definition) is 5. The smallest absolute Gasteiger partial charge is 0.408 e. The van der Waals surface area contributed by atoms with Crippen LogP contribution in [0.25, 0.3) is 0 Å². The van der Waals surface area contributed by atoms with E-state index in [9.17, 15) is 9.59 Å². The lowest BCUT2D eigenvalue weighted by Gasteiger charge is -2.27. The van der Waals surface area contributed by atoms with E-state index < -0.39 is 29.7 Å². The van der Waals surface area contributed by atoms with E-state index in [1.54, 1.807) is 59.1 Å². The van der Waals surface area contributed by atoms with Gasteiger partial charge in [0, 0.05) is 5.69 Å². The van der Waals surface area contributed by atoms with E-state index in [2.05, 4.69) is 10.6 Å². The number of carbonyl (C=O) groups is 2. The van der Waals surface area contributed by atoms with Gasteiger partial charge < -0.3 is 24.8 Å². The number of methoxy groups -OCH3 is 1. The van der Waals surface area contributed by atoms with Crippen LogP contribution in [0.1, 0.15) is 33.3 Å².